The van der Waals surface area contributed by atoms with E-state index in [1.54, 1.807) is 12.3 Å². The van der Waals surface area contributed by atoms with Crippen molar-refractivity contribution in [2.24, 2.45) is 0 Å². The zero-order valence-electron chi connectivity index (χ0n) is 24.2. The van der Waals surface area contributed by atoms with E-state index >= 15 is 0 Å². The Hall–Kier alpha value is -3.39. The first kappa shape index (κ1) is 32.5. The predicted octanol–water partition coefficient (Wildman–Crippen LogP) is 6.60. The summed E-state index contributed by atoms with van der Waals surface area (Å²) in [6, 6.07) is 6.45. The van der Waals surface area contributed by atoms with Crippen molar-refractivity contribution in [2.45, 2.75) is 83.7 Å². The third kappa shape index (κ3) is 9.55. The van der Waals surface area contributed by atoms with E-state index in [4.69, 9.17) is 16.3 Å². The van der Waals surface area contributed by atoms with Gasteiger partial charge < -0.3 is 15.4 Å². The van der Waals surface area contributed by atoms with E-state index in [0.717, 1.165) is 31.2 Å². The Morgan fingerprint density at radius 2 is 1.74 bits per heavy atom. The molecule has 2 heterocycles. The van der Waals surface area contributed by atoms with Gasteiger partial charge in [0.05, 0.1) is 40.3 Å². The Kier molecular flexibility index (Phi) is 9.60. The highest BCUT2D eigenvalue weighted by Crippen LogP contribution is 2.31. The first-order chi connectivity index (χ1) is 20.0. The molecular weight excluding hydrogens is 609 g/mol. The molecule has 3 aromatic rings. The van der Waals surface area contributed by atoms with Crippen LogP contribution in [0.2, 0.25) is 5.02 Å². The number of fused-ring (bicyclic) bond motifs is 1. The molecule has 1 fully saturated rings. The maximum Gasteiger partial charge on any atom is 0.407 e. The van der Waals surface area contributed by atoms with Gasteiger partial charge in [0.25, 0.3) is 0 Å². The standard InChI is InChI=1S/C28H34ClF3N6O4S/c1-16-13-22(17-5-10-21(20(29)14-17)38-43(40,41)12-11-28(30,31)32)36-23-15-33-25(37-24(16)23)34-18-6-8-19(9-7-18)35-26(39)42-27(2,3)4/h5,10,13-15,18-19,38H,6-9,11-12H2,1-4H3,(H,35,39)(H,33,34,37)/t18-,19-. The number of ether oxygens (including phenoxy) is 1. The third-order valence-electron chi connectivity index (χ3n) is 6.70. The van der Waals surface area contributed by atoms with Crippen LogP contribution in [0.1, 0.15) is 58.4 Å². The summed E-state index contributed by atoms with van der Waals surface area (Å²) in [7, 11) is -4.25. The molecule has 0 radical (unpaired) electrons. The molecule has 1 saturated carbocycles. The zero-order chi connectivity index (χ0) is 31.6. The van der Waals surface area contributed by atoms with Gasteiger partial charge in [-0.05, 0) is 77.1 Å². The van der Waals surface area contributed by atoms with Crippen molar-refractivity contribution in [3.05, 3.63) is 41.0 Å². The number of halogens is 4. The number of pyridine rings is 1. The van der Waals surface area contributed by atoms with E-state index in [1.165, 1.54) is 12.1 Å². The largest absolute Gasteiger partial charge is 0.444 e. The minimum absolute atomic E-state index is 0.0134. The van der Waals surface area contributed by atoms with Gasteiger partial charge in [0.2, 0.25) is 16.0 Å². The molecule has 1 amide bonds. The highest BCUT2D eigenvalue weighted by atomic mass is 35.5. The number of benzene rings is 1. The van der Waals surface area contributed by atoms with Crippen molar-refractivity contribution >= 4 is 50.4 Å². The normalized spacial score (nSPS) is 17.9. The quantitative estimate of drug-likeness (QED) is 0.250. The highest BCUT2D eigenvalue weighted by molar-refractivity contribution is 7.92. The fourth-order valence-corrected chi connectivity index (χ4v) is 6.06. The number of hydrogen-bond acceptors (Lipinski definition) is 8. The number of nitrogens with one attached hydrogen (secondary N) is 3. The lowest BCUT2D eigenvalue weighted by atomic mass is 9.91. The smallest absolute Gasteiger partial charge is 0.407 e. The lowest BCUT2D eigenvalue weighted by Gasteiger charge is -2.30. The van der Waals surface area contributed by atoms with Gasteiger partial charge in [-0.2, -0.15) is 13.2 Å². The molecule has 4 rings (SSSR count). The van der Waals surface area contributed by atoms with E-state index in [1.807, 2.05) is 33.8 Å². The van der Waals surface area contributed by atoms with Gasteiger partial charge in [0, 0.05) is 17.6 Å². The number of nitrogens with zero attached hydrogens (tertiary/aromatic N) is 3. The molecule has 3 N–H and O–H groups in total. The number of carbonyl (C=O) groups excluding carboxylic acids is 1. The van der Waals surface area contributed by atoms with Gasteiger partial charge in [-0.25, -0.2) is 28.2 Å². The minimum Gasteiger partial charge on any atom is -0.444 e. The summed E-state index contributed by atoms with van der Waals surface area (Å²) in [6.07, 6.45) is -1.61. The van der Waals surface area contributed by atoms with Crippen molar-refractivity contribution < 1.29 is 31.1 Å². The number of amides is 1. The number of rotatable bonds is 8. The Morgan fingerprint density at radius 3 is 2.37 bits per heavy atom. The molecule has 0 saturated heterocycles. The lowest BCUT2D eigenvalue weighted by molar-refractivity contribution is -0.129. The molecule has 0 unspecified atom stereocenters. The number of carbonyl (C=O) groups is 1. The van der Waals surface area contributed by atoms with Crippen LogP contribution >= 0.6 is 11.6 Å². The number of sulfonamides is 1. The van der Waals surface area contributed by atoms with Crippen molar-refractivity contribution in [1.29, 1.82) is 0 Å². The van der Waals surface area contributed by atoms with Gasteiger partial charge in [-0.1, -0.05) is 17.7 Å². The average Bonchev–Trinajstić information content (AvgIpc) is 2.88. The molecular formula is C28H34ClF3N6O4S. The molecule has 10 nitrogen and oxygen atoms in total. The van der Waals surface area contributed by atoms with Gasteiger partial charge in [-0.3, -0.25) is 4.72 Å². The molecule has 0 spiro atoms. The Bertz CT molecular complexity index is 1590. The second-order valence-corrected chi connectivity index (χ2v) is 13.8. The van der Waals surface area contributed by atoms with E-state index in [9.17, 15) is 26.4 Å². The average molecular weight is 643 g/mol. The Morgan fingerprint density at radius 1 is 1.07 bits per heavy atom. The van der Waals surface area contributed by atoms with Crippen LogP contribution < -0.4 is 15.4 Å². The predicted molar refractivity (Wildman–Crippen MR) is 160 cm³/mol. The molecule has 1 aliphatic carbocycles. The number of aryl methyl sites for hydroxylation is 1. The van der Waals surface area contributed by atoms with Crippen LogP contribution in [0.5, 0.6) is 0 Å². The summed E-state index contributed by atoms with van der Waals surface area (Å²) in [6.45, 7) is 7.36. The SMILES string of the molecule is Cc1cc(-c2ccc(NS(=O)(=O)CCC(F)(F)F)c(Cl)c2)nc2cnc(N[C@H]3CC[C@H](NC(=O)OC(C)(C)C)CC3)nc12. The van der Waals surface area contributed by atoms with Gasteiger partial charge in [0.1, 0.15) is 11.1 Å². The second kappa shape index (κ2) is 12.7. The van der Waals surface area contributed by atoms with E-state index < -0.39 is 40.1 Å². The number of alkyl carbamates (subject to hydrolysis) is 1. The first-order valence-corrected chi connectivity index (χ1v) is 15.8. The molecule has 43 heavy (non-hydrogen) atoms. The van der Waals surface area contributed by atoms with E-state index in [2.05, 4.69) is 30.3 Å². The van der Waals surface area contributed by atoms with Gasteiger partial charge in [-0.15, -0.1) is 0 Å². The molecule has 234 valence electrons. The Labute approximate surface area is 253 Å². The van der Waals surface area contributed by atoms with Crippen LogP contribution in [0.25, 0.3) is 22.3 Å². The lowest BCUT2D eigenvalue weighted by Crippen LogP contribution is -2.42. The molecule has 15 heteroatoms. The second-order valence-electron chi connectivity index (χ2n) is 11.6. The van der Waals surface area contributed by atoms with Gasteiger partial charge in [0.15, 0.2) is 0 Å². The Balaban J connectivity index is 1.40. The third-order valence-corrected chi connectivity index (χ3v) is 8.29. The van der Waals surface area contributed by atoms with Crippen LogP contribution in [0.4, 0.5) is 29.6 Å². The molecule has 0 bridgehead atoms. The molecule has 2 aromatic heterocycles. The fourth-order valence-electron chi connectivity index (χ4n) is 4.67. The maximum absolute atomic E-state index is 12.4. The summed E-state index contributed by atoms with van der Waals surface area (Å²) < 4.78 is 68.9. The number of anilines is 2. The van der Waals surface area contributed by atoms with Crippen LogP contribution in [0.3, 0.4) is 0 Å². The minimum atomic E-state index is -4.59. The van der Waals surface area contributed by atoms with Crippen LogP contribution in [-0.2, 0) is 14.8 Å². The number of alkyl halides is 3. The summed E-state index contributed by atoms with van der Waals surface area (Å²) >= 11 is 6.27. The first-order valence-electron chi connectivity index (χ1n) is 13.7. The number of aromatic nitrogens is 3. The maximum atomic E-state index is 12.4. The molecule has 0 aliphatic heterocycles. The summed E-state index contributed by atoms with van der Waals surface area (Å²) in [4.78, 5) is 25.8. The van der Waals surface area contributed by atoms with Crippen LogP contribution in [-0.4, -0.2) is 59.1 Å². The monoisotopic (exact) mass is 642 g/mol. The van der Waals surface area contributed by atoms with Crippen LogP contribution in [0, 0.1) is 6.92 Å². The van der Waals surface area contributed by atoms with Crippen molar-refractivity contribution in [1.82, 2.24) is 20.3 Å². The molecule has 1 aromatic carbocycles. The zero-order valence-corrected chi connectivity index (χ0v) is 25.8. The van der Waals surface area contributed by atoms with Crippen molar-refractivity contribution in [3.8, 4) is 11.3 Å². The van der Waals surface area contributed by atoms with Crippen molar-refractivity contribution in [3.63, 3.8) is 0 Å². The fraction of sp³-hybridized carbons (Fsp3) is 0.500. The van der Waals surface area contributed by atoms with Crippen molar-refractivity contribution in [2.75, 3.05) is 15.8 Å². The molecule has 0 atom stereocenters. The highest BCUT2D eigenvalue weighted by Gasteiger charge is 2.30. The molecule has 1 aliphatic rings. The van der Waals surface area contributed by atoms with E-state index in [0.29, 0.717) is 28.2 Å². The number of hydrogen-bond donors (Lipinski definition) is 3. The van der Waals surface area contributed by atoms with Crippen LogP contribution in [0.15, 0.2) is 30.5 Å². The van der Waals surface area contributed by atoms with Gasteiger partial charge >= 0.3 is 12.3 Å². The summed E-state index contributed by atoms with van der Waals surface area (Å²) in [5, 5.41) is 6.32. The van der Waals surface area contributed by atoms with E-state index in [-0.39, 0.29) is 22.8 Å². The summed E-state index contributed by atoms with van der Waals surface area (Å²) in [5.41, 5.74) is 2.56. The topological polar surface area (TPSA) is 135 Å². The summed E-state index contributed by atoms with van der Waals surface area (Å²) in [5.74, 6) is -0.637.